The summed E-state index contributed by atoms with van der Waals surface area (Å²) in [4.78, 5) is 41.7. The van der Waals surface area contributed by atoms with Crippen molar-refractivity contribution in [1.29, 1.82) is 0 Å². The number of hydrogen-bond donors (Lipinski definition) is 2. The molecular formula is C28H26ClN3O4S. The van der Waals surface area contributed by atoms with Crippen LogP contribution in [0.15, 0.2) is 88.9 Å². The molecular weight excluding hydrogens is 510 g/mol. The van der Waals surface area contributed by atoms with Crippen LogP contribution in [0.4, 0.5) is 0 Å². The predicted octanol–water partition coefficient (Wildman–Crippen LogP) is 5.12. The lowest BCUT2D eigenvalue weighted by molar-refractivity contribution is -0.141. The number of halogens is 1. The second-order valence-electron chi connectivity index (χ2n) is 8.42. The molecule has 0 radical (unpaired) electrons. The Kier molecular flexibility index (Phi) is 8.77. The molecule has 2 N–H and O–H groups in total. The fraction of sp³-hybridized carbons (Fsp3) is 0.179. The zero-order valence-corrected chi connectivity index (χ0v) is 21.7. The van der Waals surface area contributed by atoms with Crippen LogP contribution in [0.25, 0.3) is 0 Å². The van der Waals surface area contributed by atoms with Crippen LogP contribution in [0.5, 0.6) is 0 Å². The van der Waals surface area contributed by atoms with Gasteiger partial charge in [-0.05, 0) is 53.8 Å². The minimum atomic E-state index is -0.947. The minimum Gasteiger partial charge on any atom is -0.467 e. The van der Waals surface area contributed by atoms with Crippen molar-refractivity contribution in [3.8, 4) is 0 Å². The molecule has 37 heavy (non-hydrogen) atoms. The van der Waals surface area contributed by atoms with Gasteiger partial charge in [-0.3, -0.25) is 14.4 Å². The summed E-state index contributed by atoms with van der Waals surface area (Å²) in [6.45, 7) is 1.99. The molecule has 0 unspecified atom stereocenters. The number of nitrogens with one attached hydrogen (secondary N) is 2. The van der Waals surface area contributed by atoms with Crippen molar-refractivity contribution >= 4 is 40.7 Å². The van der Waals surface area contributed by atoms with E-state index >= 15 is 0 Å². The highest BCUT2D eigenvalue weighted by Gasteiger charge is 2.32. The van der Waals surface area contributed by atoms with E-state index in [0.717, 1.165) is 11.1 Å². The maximum Gasteiger partial charge on any atom is 0.261 e. The van der Waals surface area contributed by atoms with Gasteiger partial charge in [-0.25, -0.2) is 0 Å². The largest absolute Gasteiger partial charge is 0.467 e. The molecule has 0 aliphatic rings. The molecule has 7 nitrogen and oxygen atoms in total. The van der Waals surface area contributed by atoms with Gasteiger partial charge in [-0.1, -0.05) is 59.6 Å². The molecule has 9 heteroatoms. The Morgan fingerprint density at radius 2 is 1.73 bits per heavy atom. The number of nitrogens with zero attached hydrogens (tertiary/aromatic N) is 1. The first kappa shape index (κ1) is 26.2. The Labute approximate surface area is 224 Å². The first-order chi connectivity index (χ1) is 17.9. The Bertz CT molecular complexity index is 1320. The Hall–Kier alpha value is -3.88. The van der Waals surface area contributed by atoms with Gasteiger partial charge >= 0.3 is 0 Å². The average molecular weight is 536 g/mol. The molecule has 0 fully saturated rings. The number of benzene rings is 2. The third-order valence-electron chi connectivity index (χ3n) is 5.70. The fourth-order valence-electron chi connectivity index (χ4n) is 3.77. The highest BCUT2D eigenvalue weighted by atomic mass is 35.5. The van der Waals surface area contributed by atoms with Crippen LogP contribution >= 0.6 is 22.9 Å². The van der Waals surface area contributed by atoms with Gasteiger partial charge in [0.1, 0.15) is 11.8 Å². The standard InChI is InChI=1S/C28H26ClN3O4S/c1-19-6-10-21(11-7-19)26(28(35)30-16-23-4-2-14-36-23)32(18-20-8-12-22(29)13-9-20)25(33)17-31-27(34)24-5-3-15-37-24/h2-15,26H,16-18H2,1H3,(H,30,35)(H,31,34)/t26-/m1/s1. The fourth-order valence-corrected chi connectivity index (χ4v) is 4.53. The van der Waals surface area contributed by atoms with E-state index in [9.17, 15) is 14.4 Å². The van der Waals surface area contributed by atoms with Gasteiger partial charge in [0.05, 0.1) is 24.2 Å². The number of amides is 3. The molecule has 190 valence electrons. The van der Waals surface area contributed by atoms with Crippen molar-refractivity contribution in [2.75, 3.05) is 6.54 Å². The van der Waals surface area contributed by atoms with E-state index in [2.05, 4.69) is 10.6 Å². The van der Waals surface area contributed by atoms with Crippen molar-refractivity contribution in [3.05, 3.63) is 117 Å². The highest BCUT2D eigenvalue weighted by Crippen LogP contribution is 2.25. The molecule has 0 saturated carbocycles. The van der Waals surface area contributed by atoms with E-state index in [1.54, 1.807) is 53.9 Å². The van der Waals surface area contributed by atoms with Crippen molar-refractivity contribution in [3.63, 3.8) is 0 Å². The highest BCUT2D eigenvalue weighted by molar-refractivity contribution is 7.12. The van der Waals surface area contributed by atoms with E-state index in [1.165, 1.54) is 22.5 Å². The molecule has 0 saturated heterocycles. The molecule has 4 rings (SSSR count). The minimum absolute atomic E-state index is 0.136. The van der Waals surface area contributed by atoms with E-state index in [-0.39, 0.29) is 31.4 Å². The lowest BCUT2D eigenvalue weighted by Gasteiger charge is -2.32. The van der Waals surface area contributed by atoms with Gasteiger partial charge in [0, 0.05) is 11.6 Å². The molecule has 3 amide bonds. The summed E-state index contributed by atoms with van der Waals surface area (Å²) < 4.78 is 5.35. The van der Waals surface area contributed by atoms with Crippen LogP contribution in [0, 0.1) is 6.92 Å². The number of thiophene rings is 1. The monoisotopic (exact) mass is 535 g/mol. The second-order valence-corrected chi connectivity index (χ2v) is 9.80. The molecule has 0 aliphatic heterocycles. The molecule has 0 aliphatic carbocycles. The summed E-state index contributed by atoms with van der Waals surface area (Å²) in [5, 5.41) is 7.92. The summed E-state index contributed by atoms with van der Waals surface area (Å²) >= 11 is 7.35. The summed E-state index contributed by atoms with van der Waals surface area (Å²) in [7, 11) is 0. The Balaban J connectivity index is 1.63. The zero-order valence-electron chi connectivity index (χ0n) is 20.1. The molecule has 2 aromatic carbocycles. The van der Waals surface area contributed by atoms with Crippen LogP contribution in [-0.4, -0.2) is 29.2 Å². The van der Waals surface area contributed by atoms with E-state index < -0.39 is 11.9 Å². The third kappa shape index (κ3) is 7.09. The van der Waals surface area contributed by atoms with Crippen molar-refractivity contribution in [1.82, 2.24) is 15.5 Å². The summed E-state index contributed by atoms with van der Waals surface area (Å²) in [5.74, 6) is -0.524. The average Bonchev–Trinajstić information content (AvgIpc) is 3.62. The number of hydrogen-bond acceptors (Lipinski definition) is 5. The molecule has 4 aromatic rings. The lowest BCUT2D eigenvalue weighted by atomic mass is 10.0. The first-order valence-electron chi connectivity index (χ1n) is 11.6. The molecule has 1 atom stereocenters. The number of rotatable bonds is 10. The normalized spacial score (nSPS) is 11.5. The van der Waals surface area contributed by atoms with Crippen molar-refractivity contribution in [2.24, 2.45) is 0 Å². The topological polar surface area (TPSA) is 91.7 Å². The van der Waals surface area contributed by atoms with E-state index in [0.29, 0.717) is 21.2 Å². The van der Waals surface area contributed by atoms with Gasteiger partial charge in [0.25, 0.3) is 5.91 Å². The van der Waals surface area contributed by atoms with Gasteiger partial charge in [-0.15, -0.1) is 11.3 Å². The van der Waals surface area contributed by atoms with Crippen LogP contribution in [0.3, 0.4) is 0 Å². The summed E-state index contributed by atoms with van der Waals surface area (Å²) in [5.41, 5.74) is 2.46. The second kappa shape index (κ2) is 12.4. The summed E-state index contributed by atoms with van der Waals surface area (Å²) in [6, 6.07) is 20.5. The van der Waals surface area contributed by atoms with Crippen molar-refractivity contribution in [2.45, 2.75) is 26.1 Å². The van der Waals surface area contributed by atoms with E-state index in [1.807, 2.05) is 31.2 Å². The number of aryl methyl sites for hydroxylation is 1. The van der Waals surface area contributed by atoms with Gasteiger partial charge in [-0.2, -0.15) is 0 Å². The third-order valence-corrected chi connectivity index (χ3v) is 6.82. The van der Waals surface area contributed by atoms with Crippen LogP contribution in [0.2, 0.25) is 5.02 Å². The van der Waals surface area contributed by atoms with Gasteiger partial charge in [0.15, 0.2) is 0 Å². The molecule has 2 aromatic heterocycles. The molecule has 2 heterocycles. The maximum atomic E-state index is 13.6. The number of carbonyl (C=O) groups is 3. The lowest BCUT2D eigenvalue weighted by Crippen LogP contribution is -2.46. The Morgan fingerprint density at radius 3 is 2.38 bits per heavy atom. The number of furan rings is 1. The van der Waals surface area contributed by atoms with Crippen LogP contribution in [0.1, 0.15) is 38.2 Å². The SMILES string of the molecule is Cc1ccc([C@H](C(=O)NCc2ccco2)N(Cc2ccc(Cl)cc2)C(=O)CNC(=O)c2cccs2)cc1. The number of carbonyl (C=O) groups excluding carboxylic acids is 3. The van der Waals surface area contributed by atoms with Crippen molar-refractivity contribution < 1.29 is 18.8 Å². The Morgan fingerprint density at radius 1 is 0.973 bits per heavy atom. The zero-order chi connectivity index (χ0) is 26.2. The molecule has 0 bridgehead atoms. The maximum absolute atomic E-state index is 13.6. The smallest absolute Gasteiger partial charge is 0.261 e. The quantitative estimate of drug-likeness (QED) is 0.295. The predicted molar refractivity (Wildman–Crippen MR) is 143 cm³/mol. The van der Waals surface area contributed by atoms with Gasteiger partial charge in [0.2, 0.25) is 11.8 Å². The summed E-state index contributed by atoms with van der Waals surface area (Å²) in [6.07, 6.45) is 1.53. The molecule has 0 spiro atoms. The van der Waals surface area contributed by atoms with E-state index in [4.69, 9.17) is 16.0 Å². The first-order valence-corrected chi connectivity index (χ1v) is 12.9. The van der Waals surface area contributed by atoms with Crippen LogP contribution in [-0.2, 0) is 22.7 Å². The van der Waals surface area contributed by atoms with Crippen LogP contribution < -0.4 is 10.6 Å². The van der Waals surface area contributed by atoms with Gasteiger partial charge < -0.3 is 20.0 Å².